The van der Waals surface area contributed by atoms with Crippen LogP contribution in [0.2, 0.25) is 10.0 Å². The Bertz CT molecular complexity index is 709. The maximum absolute atomic E-state index is 10.9. The standard InChI is InChI=1S/C14H10Cl2N2O4/c1-8(19)17-9-2-4-11(5-3-9)22-14-12(15)6-10(18(20)21)7-13(14)16/h2-7H,1H3,(H,17,19). The van der Waals surface area contributed by atoms with E-state index in [2.05, 4.69) is 5.32 Å². The molecule has 2 aromatic rings. The predicted octanol–water partition coefficient (Wildman–Crippen LogP) is 4.65. The van der Waals surface area contributed by atoms with Crippen LogP contribution >= 0.6 is 23.2 Å². The number of nitrogens with one attached hydrogen (secondary N) is 1. The number of nitro groups is 1. The van der Waals surface area contributed by atoms with Crippen LogP contribution in [0.15, 0.2) is 36.4 Å². The highest BCUT2D eigenvalue weighted by molar-refractivity contribution is 6.37. The zero-order valence-corrected chi connectivity index (χ0v) is 12.8. The van der Waals surface area contributed by atoms with Crippen molar-refractivity contribution >= 4 is 40.5 Å². The monoisotopic (exact) mass is 340 g/mol. The molecule has 0 fully saturated rings. The maximum Gasteiger partial charge on any atom is 0.272 e. The number of non-ortho nitro benzene ring substituents is 1. The highest BCUT2D eigenvalue weighted by Crippen LogP contribution is 2.39. The number of carbonyl (C=O) groups is 1. The van der Waals surface area contributed by atoms with Crippen molar-refractivity contribution in [2.75, 3.05) is 5.32 Å². The molecule has 0 radical (unpaired) electrons. The summed E-state index contributed by atoms with van der Waals surface area (Å²) in [6.07, 6.45) is 0. The molecule has 2 rings (SSSR count). The summed E-state index contributed by atoms with van der Waals surface area (Å²) in [5.74, 6) is 0.364. The van der Waals surface area contributed by atoms with Crippen LogP contribution in [0, 0.1) is 10.1 Å². The molecule has 0 unspecified atom stereocenters. The summed E-state index contributed by atoms with van der Waals surface area (Å²) in [6, 6.07) is 8.83. The van der Waals surface area contributed by atoms with Crippen LogP contribution in [-0.2, 0) is 4.79 Å². The zero-order valence-electron chi connectivity index (χ0n) is 11.3. The molecule has 1 amide bonds. The number of rotatable bonds is 4. The molecular weight excluding hydrogens is 331 g/mol. The lowest BCUT2D eigenvalue weighted by atomic mass is 10.3. The van der Waals surface area contributed by atoms with E-state index < -0.39 is 4.92 Å². The highest BCUT2D eigenvalue weighted by Gasteiger charge is 2.16. The van der Waals surface area contributed by atoms with Crippen LogP contribution < -0.4 is 10.1 Å². The second kappa shape index (κ2) is 6.64. The van der Waals surface area contributed by atoms with Gasteiger partial charge in [0.25, 0.3) is 5.69 Å². The SMILES string of the molecule is CC(=O)Nc1ccc(Oc2c(Cl)cc([N+](=O)[O-])cc2Cl)cc1. The van der Waals surface area contributed by atoms with Crippen molar-refractivity contribution in [3.05, 3.63) is 56.6 Å². The van der Waals surface area contributed by atoms with E-state index in [4.69, 9.17) is 27.9 Å². The Hall–Kier alpha value is -2.31. The van der Waals surface area contributed by atoms with E-state index in [1.54, 1.807) is 24.3 Å². The number of hydrogen-bond acceptors (Lipinski definition) is 4. The first-order valence-corrected chi connectivity index (χ1v) is 6.81. The number of benzene rings is 2. The molecule has 0 heterocycles. The summed E-state index contributed by atoms with van der Waals surface area (Å²) in [5.41, 5.74) is 0.393. The molecule has 0 aromatic heterocycles. The minimum absolute atomic E-state index is 0.0325. The fourth-order valence-corrected chi connectivity index (χ4v) is 2.23. The summed E-state index contributed by atoms with van der Waals surface area (Å²) < 4.78 is 5.54. The van der Waals surface area contributed by atoms with E-state index in [0.717, 1.165) is 12.1 Å². The molecule has 0 saturated heterocycles. The van der Waals surface area contributed by atoms with Gasteiger partial charge < -0.3 is 10.1 Å². The third-order valence-electron chi connectivity index (χ3n) is 2.59. The minimum Gasteiger partial charge on any atom is -0.454 e. The lowest BCUT2D eigenvalue weighted by Gasteiger charge is -2.10. The Morgan fingerprint density at radius 1 is 1.18 bits per heavy atom. The topological polar surface area (TPSA) is 81.5 Å². The van der Waals surface area contributed by atoms with E-state index >= 15 is 0 Å². The van der Waals surface area contributed by atoms with Crippen molar-refractivity contribution in [2.24, 2.45) is 0 Å². The zero-order chi connectivity index (χ0) is 16.3. The van der Waals surface area contributed by atoms with E-state index in [1.807, 2.05) is 0 Å². The number of nitrogens with zero attached hydrogens (tertiary/aromatic N) is 1. The van der Waals surface area contributed by atoms with Crippen molar-refractivity contribution in [1.82, 2.24) is 0 Å². The third-order valence-corrected chi connectivity index (χ3v) is 3.15. The lowest BCUT2D eigenvalue weighted by molar-refractivity contribution is -0.384. The molecule has 0 aliphatic rings. The van der Waals surface area contributed by atoms with Gasteiger partial charge in [0.05, 0.1) is 15.0 Å². The first-order valence-electron chi connectivity index (χ1n) is 6.06. The van der Waals surface area contributed by atoms with Gasteiger partial charge in [-0.2, -0.15) is 0 Å². The van der Waals surface area contributed by atoms with Gasteiger partial charge in [-0.1, -0.05) is 23.2 Å². The Morgan fingerprint density at radius 3 is 2.18 bits per heavy atom. The summed E-state index contributed by atoms with van der Waals surface area (Å²) in [4.78, 5) is 21.1. The molecule has 0 bridgehead atoms. The van der Waals surface area contributed by atoms with Crippen LogP contribution in [0.5, 0.6) is 11.5 Å². The van der Waals surface area contributed by atoms with E-state index in [1.165, 1.54) is 6.92 Å². The van der Waals surface area contributed by atoms with Crippen molar-refractivity contribution < 1.29 is 14.5 Å². The van der Waals surface area contributed by atoms with Crippen LogP contribution in [-0.4, -0.2) is 10.8 Å². The van der Waals surface area contributed by atoms with Gasteiger partial charge in [0.2, 0.25) is 5.91 Å². The molecule has 114 valence electrons. The Morgan fingerprint density at radius 2 is 1.73 bits per heavy atom. The molecule has 2 aromatic carbocycles. The maximum atomic E-state index is 10.9. The lowest BCUT2D eigenvalue weighted by Crippen LogP contribution is -2.05. The number of nitro benzene ring substituents is 1. The Balaban J connectivity index is 2.23. The van der Waals surface area contributed by atoms with Crippen LogP contribution in [0.3, 0.4) is 0 Å². The molecule has 0 saturated carbocycles. The van der Waals surface area contributed by atoms with Crippen molar-refractivity contribution in [2.45, 2.75) is 6.92 Å². The molecule has 1 N–H and O–H groups in total. The number of halogens is 2. The van der Waals surface area contributed by atoms with E-state index in [9.17, 15) is 14.9 Å². The molecule has 0 aliphatic carbocycles. The predicted molar refractivity (Wildman–Crippen MR) is 83.9 cm³/mol. The number of ether oxygens (including phenoxy) is 1. The van der Waals surface area contributed by atoms with Crippen LogP contribution in [0.25, 0.3) is 0 Å². The Labute approximate surface area is 135 Å². The van der Waals surface area contributed by atoms with Crippen LogP contribution in [0.4, 0.5) is 11.4 Å². The number of amides is 1. The highest BCUT2D eigenvalue weighted by atomic mass is 35.5. The molecule has 6 nitrogen and oxygen atoms in total. The van der Waals surface area contributed by atoms with Gasteiger partial charge in [-0.15, -0.1) is 0 Å². The average molecular weight is 341 g/mol. The molecule has 22 heavy (non-hydrogen) atoms. The van der Waals surface area contributed by atoms with Crippen molar-refractivity contribution in [3.8, 4) is 11.5 Å². The van der Waals surface area contributed by atoms with Crippen molar-refractivity contribution in [1.29, 1.82) is 0 Å². The first kappa shape index (κ1) is 16.1. The minimum atomic E-state index is -0.593. The fourth-order valence-electron chi connectivity index (χ4n) is 1.68. The van der Waals surface area contributed by atoms with Gasteiger partial charge in [-0.3, -0.25) is 14.9 Å². The van der Waals surface area contributed by atoms with E-state index in [-0.39, 0.29) is 27.4 Å². The van der Waals surface area contributed by atoms with Gasteiger partial charge in [0.15, 0.2) is 5.75 Å². The molecular formula is C14H10Cl2N2O4. The van der Waals surface area contributed by atoms with Gasteiger partial charge >= 0.3 is 0 Å². The van der Waals surface area contributed by atoms with Gasteiger partial charge in [-0.25, -0.2) is 0 Å². The fraction of sp³-hybridized carbons (Fsp3) is 0.0714. The number of carbonyl (C=O) groups excluding carboxylic acids is 1. The molecule has 0 atom stereocenters. The average Bonchev–Trinajstić information content (AvgIpc) is 2.43. The number of hydrogen-bond donors (Lipinski definition) is 1. The largest absolute Gasteiger partial charge is 0.454 e. The molecule has 0 aliphatic heterocycles. The number of anilines is 1. The normalized spacial score (nSPS) is 10.1. The second-order valence-electron chi connectivity index (χ2n) is 4.30. The van der Waals surface area contributed by atoms with Gasteiger partial charge in [0, 0.05) is 24.7 Å². The van der Waals surface area contributed by atoms with Gasteiger partial charge in [0.1, 0.15) is 5.75 Å². The third kappa shape index (κ3) is 3.87. The quantitative estimate of drug-likeness (QED) is 0.648. The summed E-state index contributed by atoms with van der Waals surface area (Å²) in [6.45, 7) is 1.40. The van der Waals surface area contributed by atoms with Gasteiger partial charge in [-0.05, 0) is 24.3 Å². The second-order valence-corrected chi connectivity index (χ2v) is 5.12. The molecule has 0 spiro atoms. The van der Waals surface area contributed by atoms with E-state index in [0.29, 0.717) is 11.4 Å². The first-order chi connectivity index (χ1) is 10.4. The Kier molecular flexibility index (Phi) is 4.85. The smallest absolute Gasteiger partial charge is 0.272 e. The summed E-state index contributed by atoms with van der Waals surface area (Å²) in [7, 11) is 0. The van der Waals surface area contributed by atoms with Crippen LogP contribution in [0.1, 0.15) is 6.92 Å². The van der Waals surface area contributed by atoms with Crippen molar-refractivity contribution in [3.63, 3.8) is 0 Å². The molecule has 8 heteroatoms. The summed E-state index contributed by atoms with van der Waals surface area (Å²) >= 11 is 11.9. The summed E-state index contributed by atoms with van der Waals surface area (Å²) in [5, 5.41) is 13.4.